The van der Waals surface area contributed by atoms with Crippen molar-refractivity contribution in [2.75, 3.05) is 6.54 Å². The summed E-state index contributed by atoms with van der Waals surface area (Å²) in [7, 11) is 1.91. The number of benzene rings is 1. The molecule has 1 aromatic carbocycles. The minimum Gasteiger partial charge on any atom is -0.331 e. The Morgan fingerprint density at radius 2 is 2.08 bits per heavy atom. The zero-order valence-electron chi connectivity index (χ0n) is 14.9. The highest BCUT2D eigenvalue weighted by atomic mass is 16.2. The molecule has 128 valence electrons. The monoisotopic (exact) mass is 334 g/mol. The highest BCUT2D eigenvalue weighted by molar-refractivity contribution is 5.99. The predicted octanol–water partition coefficient (Wildman–Crippen LogP) is 3.56. The van der Waals surface area contributed by atoms with Crippen LogP contribution >= 0.6 is 0 Å². The zero-order valence-corrected chi connectivity index (χ0v) is 14.9. The molecule has 1 amide bonds. The number of carbonyl (C=O) groups excluding carboxylic acids is 1. The third-order valence-electron chi connectivity index (χ3n) is 5.02. The van der Waals surface area contributed by atoms with Gasteiger partial charge in [0.25, 0.3) is 5.91 Å². The lowest BCUT2D eigenvalue weighted by molar-refractivity contribution is 0.0734. The topological polar surface area (TPSA) is 51.0 Å². The normalized spacial score (nSPS) is 17.4. The molecule has 2 aromatic heterocycles. The SMILES string of the molecule is Cc1ccc2cc(C(=O)N3CCC[C@H]3c3cnn(C)c3)c(C)nc2c1. The van der Waals surface area contributed by atoms with Crippen molar-refractivity contribution in [3.05, 3.63) is 59.0 Å². The molecule has 3 aromatic rings. The van der Waals surface area contributed by atoms with E-state index in [0.717, 1.165) is 41.5 Å². The molecule has 0 saturated carbocycles. The van der Waals surface area contributed by atoms with Gasteiger partial charge in [-0.05, 0) is 44.4 Å². The second kappa shape index (κ2) is 5.99. The van der Waals surface area contributed by atoms with Crippen molar-refractivity contribution in [2.45, 2.75) is 32.7 Å². The van der Waals surface area contributed by atoms with Crippen LogP contribution in [0.5, 0.6) is 0 Å². The molecule has 0 spiro atoms. The van der Waals surface area contributed by atoms with Crippen LogP contribution in [0, 0.1) is 13.8 Å². The summed E-state index contributed by atoms with van der Waals surface area (Å²) in [6.45, 7) is 4.76. The van der Waals surface area contributed by atoms with Gasteiger partial charge in [0.05, 0.1) is 29.0 Å². The quantitative estimate of drug-likeness (QED) is 0.720. The van der Waals surface area contributed by atoms with E-state index < -0.39 is 0 Å². The average molecular weight is 334 g/mol. The first-order chi connectivity index (χ1) is 12.0. The smallest absolute Gasteiger partial charge is 0.256 e. The van der Waals surface area contributed by atoms with Crippen LogP contribution in [0.2, 0.25) is 0 Å². The fourth-order valence-electron chi connectivity index (χ4n) is 3.71. The van der Waals surface area contributed by atoms with Crippen LogP contribution in [0.4, 0.5) is 0 Å². The molecule has 3 heterocycles. The summed E-state index contributed by atoms with van der Waals surface area (Å²) in [6.07, 6.45) is 5.87. The number of rotatable bonds is 2. The number of aromatic nitrogens is 3. The van der Waals surface area contributed by atoms with Gasteiger partial charge in [0.15, 0.2) is 0 Å². The predicted molar refractivity (Wildman–Crippen MR) is 97.4 cm³/mol. The number of fused-ring (bicyclic) bond motifs is 1. The molecule has 0 bridgehead atoms. The van der Waals surface area contributed by atoms with Gasteiger partial charge in [-0.3, -0.25) is 14.5 Å². The molecule has 0 radical (unpaired) electrons. The Kier molecular flexibility index (Phi) is 3.79. The lowest BCUT2D eigenvalue weighted by atomic mass is 10.0. The summed E-state index contributed by atoms with van der Waals surface area (Å²) < 4.78 is 1.79. The fourth-order valence-corrected chi connectivity index (χ4v) is 3.71. The molecule has 5 heteroatoms. The van der Waals surface area contributed by atoms with Crippen LogP contribution in [0.25, 0.3) is 10.9 Å². The summed E-state index contributed by atoms with van der Waals surface area (Å²) in [5.41, 5.74) is 4.72. The molecule has 25 heavy (non-hydrogen) atoms. The van der Waals surface area contributed by atoms with Crippen LogP contribution < -0.4 is 0 Å². The van der Waals surface area contributed by atoms with Crippen molar-refractivity contribution in [2.24, 2.45) is 7.05 Å². The maximum atomic E-state index is 13.2. The van der Waals surface area contributed by atoms with E-state index in [9.17, 15) is 4.79 Å². The van der Waals surface area contributed by atoms with Crippen molar-refractivity contribution in [1.82, 2.24) is 19.7 Å². The first kappa shape index (κ1) is 15.8. The lowest BCUT2D eigenvalue weighted by Crippen LogP contribution is -2.31. The van der Waals surface area contributed by atoms with Crippen LogP contribution in [0.15, 0.2) is 36.7 Å². The third kappa shape index (κ3) is 2.80. The molecule has 0 unspecified atom stereocenters. The number of carbonyl (C=O) groups is 1. The van der Waals surface area contributed by atoms with E-state index in [1.165, 1.54) is 5.56 Å². The van der Waals surface area contributed by atoms with E-state index in [1.54, 1.807) is 4.68 Å². The number of likely N-dealkylation sites (tertiary alicyclic amines) is 1. The minimum absolute atomic E-state index is 0.0684. The number of aryl methyl sites for hydroxylation is 3. The van der Waals surface area contributed by atoms with Crippen LogP contribution in [0.3, 0.4) is 0 Å². The summed E-state index contributed by atoms with van der Waals surface area (Å²) in [6, 6.07) is 8.25. The molecule has 0 N–H and O–H groups in total. The summed E-state index contributed by atoms with van der Waals surface area (Å²) in [5.74, 6) is 0.0684. The van der Waals surface area contributed by atoms with Gasteiger partial charge in [-0.1, -0.05) is 12.1 Å². The first-order valence-electron chi connectivity index (χ1n) is 8.70. The van der Waals surface area contributed by atoms with E-state index in [1.807, 2.05) is 43.4 Å². The van der Waals surface area contributed by atoms with Gasteiger partial charge in [-0.2, -0.15) is 5.10 Å². The first-order valence-corrected chi connectivity index (χ1v) is 8.70. The summed E-state index contributed by atoms with van der Waals surface area (Å²) in [5, 5.41) is 5.27. The van der Waals surface area contributed by atoms with E-state index in [-0.39, 0.29) is 11.9 Å². The maximum absolute atomic E-state index is 13.2. The molecule has 1 atom stereocenters. The molecule has 0 aliphatic carbocycles. The Bertz CT molecular complexity index is 959. The molecular formula is C20H22N4O. The van der Waals surface area contributed by atoms with Gasteiger partial charge in [-0.25, -0.2) is 0 Å². The van der Waals surface area contributed by atoms with E-state index in [0.29, 0.717) is 5.56 Å². The number of amides is 1. The second-order valence-electron chi connectivity index (χ2n) is 6.92. The molecular weight excluding hydrogens is 312 g/mol. The van der Waals surface area contributed by atoms with Crippen LogP contribution in [0.1, 0.15) is 46.1 Å². The van der Waals surface area contributed by atoms with E-state index in [2.05, 4.69) is 29.1 Å². The standard InChI is InChI=1S/C20H22N4O/c1-13-6-7-15-10-17(14(2)22-18(15)9-13)20(25)24-8-4-5-19(24)16-11-21-23(3)12-16/h6-7,9-12,19H,4-5,8H2,1-3H3/t19-/m0/s1. The largest absolute Gasteiger partial charge is 0.331 e. The number of nitrogens with zero attached hydrogens (tertiary/aromatic N) is 4. The molecule has 1 aliphatic heterocycles. The van der Waals surface area contributed by atoms with Crippen molar-refractivity contribution >= 4 is 16.8 Å². The Balaban J connectivity index is 1.71. The van der Waals surface area contributed by atoms with Gasteiger partial charge in [-0.15, -0.1) is 0 Å². The van der Waals surface area contributed by atoms with Crippen molar-refractivity contribution in [1.29, 1.82) is 0 Å². The van der Waals surface area contributed by atoms with Crippen molar-refractivity contribution in [3.8, 4) is 0 Å². The highest BCUT2D eigenvalue weighted by Gasteiger charge is 2.32. The number of hydrogen-bond acceptors (Lipinski definition) is 3. The maximum Gasteiger partial charge on any atom is 0.256 e. The minimum atomic E-state index is 0.0684. The Morgan fingerprint density at radius 3 is 2.84 bits per heavy atom. The van der Waals surface area contributed by atoms with E-state index >= 15 is 0 Å². The Morgan fingerprint density at radius 1 is 1.24 bits per heavy atom. The molecule has 1 aliphatic rings. The molecule has 4 rings (SSSR count). The highest BCUT2D eigenvalue weighted by Crippen LogP contribution is 2.33. The molecule has 1 fully saturated rings. The Labute approximate surface area is 147 Å². The van der Waals surface area contributed by atoms with Gasteiger partial charge >= 0.3 is 0 Å². The van der Waals surface area contributed by atoms with Crippen molar-refractivity contribution < 1.29 is 4.79 Å². The molecule has 5 nitrogen and oxygen atoms in total. The average Bonchev–Trinajstić information content (AvgIpc) is 3.22. The number of pyridine rings is 1. The number of hydrogen-bond donors (Lipinski definition) is 0. The summed E-state index contributed by atoms with van der Waals surface area (Å²) >= 11 is 0. The zero-order chi connectivity index (χ0) is 17.6. The third-order valence-corrected chi connectivity index (χ3v) is 5.02. The van der Waals surface area contributed by atoms with Crippen LogP contribution in [-0.4, -0.2) is 32.1 Å². The fraction of sp³-hybridized carbons (Fsp3) is 0.350. The molecule has 1 saturated heterocycles. The Hall–Kier alpha value is -2.69. The second-order valence-corrected chi connectivity index (χ2v) is 6.92. The van der Waals surface area contributed by atoms with Gasteiger partial charge in [0, 0.05) is 30.7 Å². The van der Waals surface area contributed by atoms with Gasteiger partial charge in [0.1, 0.15) is 0 Å². The lowest BCUT2D eigenvalue weighted by Gasteiger charge is -2.24. The van der Waals surface area contributed by atoms with Crippen LogP contribution in [-0.2, 0) is 7.05 Å². The van der Waals surface area contributed by atoms with Gasteiger partial charge in [0.2, 0.25) is 0 Å². The van der Waals surface area contributed by atoms with Gasteiger partial charge < -0.3 is 4.90 Å². The van der Waals surface area contributed by atoms with Crippen molar-refractivity contribution in [3.63, 3.8) is 0 Å². The summed E-state index contributed by atoms with van der Waals surface area (Å²) in [4.78, 5) is 19.9. The van der Waals surface area contributed by atoms with E-state index in [4.69, 9.17) is 0 Å².